The number of azide groups is 1. The molecule has 0 radical (unpaired) electrons. The molecular weight excluding hydrogens is 907 g/mol. The predicted octanol–water partition coefficient (Wildman–Crippen LogP) is 4.94. The third kappa shape index (κ3) is 17.5. The SMILES string of the molecule is CCCCO[C@@H]1C(CO[C@@H]2OC3COC(c4ccccc4)O[C@H]3C(OC(=O)CC)[C@@H]2NC(=O)C[C@@H](CC)OC(=O)CC)O[C@@H](OCCN=[N+]=[N-])C(NC(=O)C[C@@H](CC)OC(=O)CC)C1OC(=O)CC. The van der Waals surface area contributed by atoms with E-state index in [1.54, 1.807) is 41.5 Å². The molecule has 0 spiro atoms. The molecule has 69 heavy (non-hydrogen) atoms. The fourth-order valence-corrected chi connectivity index (χ4v) is 7.72. The van der Waals surface area contributed by atoms with Gasteiger partial charge in [-0.25, -0.2) is 0 Å². The zero-order chi connectivity index (χ0) is 50.3. The zero-order valence-corrected chi connectivity index (χ0v) is 40.8. The van der Waals surface area contributed by atoms with Crippen molar-refractivity contribution < 1.29 is 80.9 Å². The molecular formula is C47H71N5O17. The maximum atomic E-state index is 14.0. The van der Waals surface area contributed by atoms with Gasteiger partial charge in [-0.05, 0) is 24.8 Å². The molecule has 0 bridgehead atoms. The van der Waals surface area contributed by atoms with Crippen LogP contribution in [0.2, 0.25) is 0 Å². The second-order valence-electron chi connectivity index (χ2n) is 16.6. The predicted molar refractivity (Wildman–Crippen MR) is 242 cm³/mol. The summed E-state index contributed by atoms with van der Waals surface area (Å²) in [5, 5.41) is 9.35. The van der Waals surface area contributed by atoms with Gasteiger partial charge in [0.2, 0.25) is 11.8 Å². The molecule has 3 aliphatic heterocycles. The molecule has 3 aliphatic rings. The third-order valence-electron chi connectivity index (χ3n) is 11.5. The molecule has 22 nitrogen and oxygen atoms in total. The third-order valence-corrected chi connectivity index (χ3v) is 11.5. The monoisotopic (exact) mass is 977 g/mol. The van der Waals surface area contributed by atoms with E-state index < -0.39 is 115 Å². The van der Waals surface area contributed by atoms with Gasteiger partial charge in [0.15, 0.2) is 31.1 Å². The van der Waals surface area contributed by atoms with Crippen LogP contribution < -0.4 is 10.6 Å². The van der Waals surface area contributed by atoms with Crippen molar-refractivity contribution in [2.75, 3.05) is 33.0 Å². The van der Waals surface area contributed by atoms with Gasteiger partial charge in [0.1, 0.15) is 48.7 Å². The Labute approximate surface area is 403 Å². The van der Waals surface area contributed by atoms with Gasteiger partial charge in [0.05, 0.1) is 32.7 Å². The summed E-state index contributed by atoms with van der Waals surface area (Å²) in [5.41, 5.74) is 9.68. The smallest absolute Gasteiger partial charge is 0.305 e. The minimum Gasteiger partial charge on any atom is -0.462 e. The molecule has 2 amide bonds. The number of unbranched alkanes of at least 4 members (excludes halogenated alkanes) is 1. The largest absolute Gasteiger partial charge is 0.462 e. The van der Waals surface area contributed by atoms with E-state index in [9.17, 15) is 28.8 Å². The number of nitrogens with one attached hydrogen (secondary N) is 2. The van der Waals surface area contributed by atoms with Crippen LogP contribution in [0.4, 0.5) is 0 Å². The molecule has 0 saturated carbocycles. The summed E-state index contributed by atoms with van der Waals surface area (Å²) in [6, 6.07) is 6.68. The topological polar surface area (TPSA) is 277 Å². The molecule has 386 valence electrons. The number of esters is 4. The minimum atomic E-state index is -1.39. The number of nitrogens with zero attached hydrogens (tertiary/aromatic N) is 3. The molecule has 0 aromatic heterocycles. The molecule has 13 atom stereocenters. The quantitative estimate of drug-likeness (QED) is 0.0281. The Balaban J connectivity index is 1.74. The van der Waals surface area contributed by atoms with Crippen molar-refractivity contribution in [2.45, 2.75) is 192 Å². The summed E-state index contributed by atoms with van der Waals surface area (Å²) in [6.07, 6.45) is -10.1. The van der Waals surface area contributed by atoms with Crippen molar-refractivity contribution in [3.05, 3.63) is 46.3 Å². The lowest BCUT2D eigenvalue weighted by Gasteiger charge is -2.49. The molecule has 1 aromatic rings. The first kappa shape index (κ1) is 56.7. The molecule has 6 unspecified atom stereocenters. The van der Waals surface area contributed by atoms with E-state index in [-0.39, 0.29) is 71.5 Å². The molecule has 3 heterocycles. The van der Waals surface area contributed by atoms with Crippen LogP contribution in [0.15, 0.2) is 35.4 Å². The second-order valence-corrected chi connectivity index (χ2v) is 16.6. The lowest BCUT2D eigenvalue weighted by atomic mass is 9.94. The molecule has 22 heteroatoms. The van der Waals surface area contributed by atoms with E-state index in [0.717, 1.165) is 6.42 Å². The second kappa shape index (κ2) is 30.0. The molecule has 3 saturated heterocycles. The van der Waals surface area contributed by atoms with E-state index in [0.29, 0.717) is 24.8 Å². The lowest BCUT2D eigenvalue weighted by molar-refractivity contribution is -0.351. The van der Waals surface area contributed by atoms with Crippen molar-refractivity contribution in [1.82, 2.24) is 10.6 Å². The van der Waals surface area contributed by atoms with Crippen LogP contribution in [0.5, 0.6) is 0 Å². The number of carbonyl (C=O) groups excluding carboxylic acids is 6. The van der Waals surface area contributed by atoms with E-state index in [2.05, 4.69) is 20.7 Å². The average molecular weight is 978 g/mol. The van der Waals surface area contributed by atoms with E-state index in [4.69, 9.17) is 57.6 Å². The fourth-order valence-electron chi connectivity index (χ4n) is 7.72. The van der Waals surface area contributed by atoms with Gasteiger partial charge in [0.25, 0.3) is 0 Å². The van der Waals surface area contributed by atoms with Crippen molar-refractivity contribution >= 4 is 35.7 Å². The first-order valence-corrected chi connectivity index (χ1v) is 24.2. The normalized spacial score (nSPS) is 27.3. The van der Waals surface area contributed by atoms with Crippen LogP contribution in [0.25, 0.3) is 10.4 Å². The molecule has 3 fully saturated rings. The number of hydrogen-bond acceptors (Lipinski definition) is 18. The summed E-state index contributed by atoms with van der Waals surface area (Å²) < 4.78 is 67.9. The standard InChI is InChI=1S/C47H71N5O17/c1-8-15-22-59-41-31(65-46(60-23-21-49-52-48)39(43(41)67-37(57)13-6)50-33(53)24-29(9-2)63-35(55)11-4)26-62-47-40(51-34(54)25-30(10-3)64-36(56)12-5)44(68-38(58)14-7)42-32(66-47)27-61-45(69-42)28-19-17-16-18-20-28/h16-20,29-32,39-47H,8-15,21-27H2,1-7H3,(H,50,53)(H,51,54)/t29-,30-,31?,32?,39?,40+,41-,42-,43?,44?,45?,46-,47-/m1/s1. The number of fused-ring (bicyclic) bond motifs is 1. The number of hydrogen-bond donors (Lipinski definition) is 2. The van der Waals surface area contributed by atoms with Crippen LogP contribution in [0.3, 0.4) is 0 Å². The minimum absolute atomic E-state index is 0.0171. The molecule has 0 aliphatic carbocycles. The van der Waals surface area contributed by atoms with Gasteiger partial charge in [-0.2, -0.15) is 0 Å². The Hall–Kier alpha value is -4.93. The van der Waals surface area contributed by atoms with Crippen molar-refractivity contribution in [3.8, 4) is 0 Å². The molecule has 1 aromatic carbocycles. The highest BCUT2D eigenvalue weighted by Crippen LogP contribution is 2.37. The molecule has 2 N–H and O–H groups in total. The maximum Gasteiger partial charge on any atom is 0.305 e. The zero-order valence-electron chi connectivity index (χ0n) is 40.8. The Morgan fingerprint density at radius 3 is 1.81 bits per heavy atom. The lowest BCUT2D eigenvalue weighted by Crippen LogP contribution is -2.69. The van der Waals surface area contributed by atoms with Crippen LogP contribution >= 0.6 is 0 Å². The van der Waals surface area contributed by atoms with Gasteiger partial charge in [-0.1, -0.05) is 90.3 Å². The summed E-state index contributed by atoms with van der Waals surface area (Å²) in [4.78, 5) is 81.4. The van der Waals surface area contributed by atoms with Crippen molar-refractivity contribution in [1.29, 1.82) is 0 Å². The highest BCUT2D eigenvalue weighted by atomic mass is 16.8. The van der Waals surface area contributed by atoms with Gasteiger partial charge in [-0.15, -0.1) is 0 Å². The van der Waals surface area contributed by atoms with E-state index >= 15 is 0 Å². The van der Waals surface area contributed by atoms with Gasteiger partial charge < -0.3 is 62.7 Å². The van der Waals surface area contributed by atoms with Crippen LogP contribution in [-0.2, 0) is 80.9 Å². The summed E-state index contributed by atoms with van der Waals surface area (Å²) in [6.45, 7) is 11.5. The Kier molecular flexibility index (Phi) is 24.6. The Bertz CT molecular complexity index is 1840. The van der Waals surface area contributed by atoms with Gasteiger partial charge >= 0.3 is 23.9 Å². The summed E-state index contributed by atoms with van der Waals surface area (Å²) in [7, 11) is 0. The number of ether oxygens (including phenoxy) is 11. The number of amides is 2. The summed E-state index contributed by atoms with van der Waals surface area (Å²) in [5.74, 6) is -3.33. The summed E-state index contributed by atoms with van der Waals surface area (Å²) >= 11 is 0. The Morgan fingerprint density at radius 1 is 0.696 bits per heavy atom. The average Bonchev–Trinajstić information content (AvgIpc) is 3.36. The number of benzene rings is 1. The van der Waals surface area contributed by atoms with E-state index in [1.807, 2.05) is 37.3 Å². The van der Waals surface area contributed by atoms with Crippen molar-refractivity contribution in [3.63, 3.8) is 0 Å². The first-order chi connectivity index (χ1) is 33.3. The van der Waals surface area contributed by atoms with Gasteiger partial charge in [-0.3, -0.25) is 28.8 Å². The number of carbonyl (C=O) groups is 6. The van der Waals surface area contributed by atoms with Crippen LogP contribution in [-0.4, -0.2) is 142 Å². The first-order valence-electron chi connectivity index (χ1n) is 24.2. The number of rotatable bonds is 28. The maximum absolute atomic E-state index is 14.0. The van der Waals surface area contributed by atoms with Crippen molar-refractivity contribution in [2.24, 2.45) is 5.11 Å². The fraction of sp³-hybridized carbons (Fsp3) is 0.745. The Morgan fingerprint density at radius 2 is 1.26 bits per heavy atom. The highest BCUT2D eigenvalue weighted by Gasteiger charge is 2.55. The van der Waals surface area contributed by atoms with E-state index in [1.165, 1.54) is 0 Å². The van der Waals surface area contributed by atoms with Gasteiger partial charge in [0, 0.05) is 49.3 Å². The van der Waals surface area contributed by atoms with Crippen LogP contribution in [0.1, 0.15) is 125 Å². The van der Waals surface area contributed by atoms with Crippen LogP contribution in [0, 0.1) is 0 Å². The molecule has 4 rings (SSSR count). The highest BCUT2D eigenvalue weighted by molar-refractivity contribution is 5.78.